The third kappa shape index (κ3) is 5.83. The van der Waals surface area contributed by atoms with Crippen LogP contribution in [0.4, 0.5) is 0 Å². The molecule has 0 unspecified atom stereocenters. The Balaban J connectivity index is 2.29. The predicted molar refractivity (Wildman–Crippen MR) is 126 cm³/mol. The van der Waals surface area contributed by atoms with Crippen molar-refractivity contribution < 1.29 is 28.2 Å². The average Bonchev–Trinajstić information content (AvgIpc) is 3.14. The van der Waals surface area contributed by atoms with Crippen molar-refractivity contribution in [3.8, 4) is 0 Å². The normalized spacial score (nSPS) is 22.8. The van der Waals surface area contributed by atoms with Gasteiger partial charge in [-0.05, 0) is 58.7 Å². The quantitative estimate of drug-likeness (QED) is 0.417. The molecule has 2 aliphatic rings. The summed E-state index contributed by atoms with van der Waals surface area (Å²) in [4.78, 5) is 25.8. The Morgan fingerprint density at radius 2 is 1.50 bits per heavy atom. The minimum atomic E-state index is -1.90. The maximum absolute atomic E-state index is 12.9. The molecule has 0 aromatic carbocycles. The van der Waals surface area contributed by atoms with Gasteiger partial charge in [0.2, 0.25) is 0 Å². The summed E-state index contributed by atoms with van der Waals surface area (Å²) >= 11 is 0. The van der Waals surface area contributed by atoms with E-state index in [4.69, 9.17) is 18.6 Å². The fourth-order valence-corrected chi connectivity index (χ4v) is 5.03. The van der Waals surface area contributed by atoms with Crippen LogP contribution in [0.2, 0.25) is 18.1 Å². The highest BCUT2D eigenvalue weighted by atomic mass is 28.4. The van der Waals surface area contributed by atoms with Crippen molar-refractivity contribution in [2.75, 3.05) is 19.8 Å². The van der Waals surface area contributed by atoms with Crippen molar-refractivity contribution >= 4 is 20.3 Å². The maximum Gasteiger partial charge on any atom is 0.336 e. The zero-order chi connectivity index (χ0) is 24.3. The number of ether oxygens (including phenoxy) is 3. The maximum atomic E-state index is 12.9. The van der Waals surface area contributed by atoms with Crippen molar-refractivity contribution in [2.45, 2.75) is 91.6 Å². The summed E-state index contributed by atoms with van der Waals surface area (Å²) in [6, 6.07) is 0. The van der Waals surface area contributed by atoms with Crippen molar-refractivity contribution in [1.29, 1.82) is 0 Å². The number of carbonyl (C=O) groups is 2. The van der Waals surface area contributed by atoms with Crippen molar-refractivity contribution in [2.24, 2.45) is 5.92 Å². The van der Waals surface area contributed by atoms with E-state index in [-0.39, 0.29) is 30.5 Å². The number of carbonyl (C=O) groups excluding carboxylic acids is 2. The molecule has 0 amide bonds. The van der Waals surface area contributed by atoms with E-state index >= 15 is 0 Å². The minimum absolute atomic E-state index is 0.0727. The van der Waals surface area contributed by atoms with Gasteiger partial charge in [-0.1, -0.05) is 20.8 Å². The Labute approximate surface area is 194 Å². The molecule has 182 valence electrons. The minimum Gasteiger partial charge on any atom is -0.463 e. The summed E-state index contributed by atoms with van der Waals surface area (Å²) in [5.41, 5.74) is 2.25. The fourth-order valence-electron chi connectivity index (χ4n) is 4.00. The Hall–Kier alpha value is -1.64. The van der Waals surface area contributed by atoms with Crippen molar-refractivity contribution in [3.05, 3.63) is 22.5 Å². The van der Waals surface area contributed by atoms with Gasteiger partial charge in [-0.3, -0.25) is 0 Å². The molecule has 2 aliphatic heterocycles. The number of allylic oxidation sites excluding steroid dienone is 2. The van der Waals surface area contributed by atoms with Crippen molar-refractivity contribution in [1.82, 2.24) is 5.32 Å². The number of esters is 2. The average molecular weight is 468 g/mol. The van der Waals surface area contributed by atoms with Gasteiger partial charge in [-0.15, -0.1) is 0 Å². The largest absolute Gasteiger partial charge is 0.463 e. The van der Waals surface area contributed by atoms with E-state index in [2.05, 4.69) is 39.2 Å². The number of rotatable bonds is 8. The molecule has 7 nitrogen and oxygen atoms in total. The molecular weight excluding hydrogens is 426 g/mol. The van der Waals surface area contributed by atoms with E-state index in [1.807, 2.05) is 13.8 Å². The first-order valence-electron chi connectivity index (χ1n) is 11.7. The summed E-state index contributed by atoms with van der Waals surface area (Å²) in [5, 5.41) is 3.29. The van der Waals surface area contributed by atoms with Crippen molar-refractivity contribution in [3.63, 3.8) is 0 Å². The zero-order valence-corrected chi connectivity index (χ0v) is 22.2. The van der Waals surface area contributed by atoms with Crippen LogP contribution in [0.25, 0.3) is 0 Å². The number of nitrogens with one attached hydrogen (secondary N) is 1. The van der Waals surface area contributed by atoms with Crippen LogP contribution in [0, 0.1) is 5.92 Å². The highest BCUT2D eigenvalue weighted by Crippen LogP contribution is 2.41. The third-order valence-electron chi connectivity index (χ3n) is 6.74. The Morgan fingerprint density at radius 1 is 1.00 bits per heavy atom. The molecule has 0 spiro atoms. The van der Waals surface area contributed by atoms with Crippen LogP contribution in [0.15, 0.2) is 22.5 Å². The second kappa shape index (κ2) is 10.5. The lowest BCUT2D eigenvalue weighted by Crippen LogP contribution is -2.43. The molecule has 1 fully saturated rings. The molecule has 2 heterocycles. The lowest BCUT2D eigenvalue weighted by atomic mass is 9.80. The highest BCUT2D eigenvalue weighted by Gasteiger charge is 2.45. The molecule has 1 saturated heterocycles. The number of dihydropyridines is 1. The summed E-state index contributed by atoms with van der Waals surface area (Å²) in [5.74, 6) is -1.39. The zero-order valence-electron chi connectivity index (χ0n) is 21.2. The first-order chi connectivity index (χ1) is 14.8. The highest BCUT2D eigenvalue weighted by molar-refractivity contribution is 6.74. The molecule has 0 bridgehead atoms. The summed E-state index contributed by atoms with van der Waals surface area (Å²) in [6.07, 6.45) is 1.14. The predicted octanol–water partition coefficient (Wildman–Crippen LogP) is 4.45. The van der Waals surface area contributed by atoms with Crippen LogP contribution in [0.3, 0.4) is 0 Å². The van der Waals surface area contributed by atoms with Gasteiger partial charge in [0.25, 0.3) is 0 Å². The van der Waals surface area contributed by atoms with Gasteiger partial charge in [0, 0.05) is 11.4 Å². The molecule has 1 N–H and O–H groups in total. The first-order valence-corrected chi connectivity index (χ1v) is 14.6. The Kier molecular flexibility index (Phi) is 8.75. The first kappa shape index (κ1) is 26.6. The van der Waals surface area contributed by atoms with Gasteiger partial charge in [0.05, 0.1) is 49.1 Å². The molecular formula is C24H41NO6Si. The van der Waals surface area contributed by atoms with Crippen LogP contribution >= 0.6 is 0 Å². The van der Waals surface area contributed by atoms with Gasteiger partial charge in [-0.25, -0.2) is 9.59 Å². The van der Waals surface area contributed by atoms with E-state index in [0.717, 1.165) is 12.8 Å². The van der Waals surface area contributed by atoms with Crippen LogP contribution in [-0.2, 0) is 28.2 Å². The Morgan fingerprint density at radius 3 is 1.94 bits per heavy atom. The van der Waals surface area contributed by atoms with Crippen LogP contribution < -0.4 is 5.32 Å². The molecule has 0 aromatic heterocycles. The van der Waals surface area contributed by atoms with Gasteiger partial charge in [0.15, 0.2) is 8.32 Å². The smallest absolute Gasteiger partial charge is 0.336 e. The van der Waals surface area contributed by atoms with E-state index in [9.17, 15) is 9.59 Å². The summed E-state index contributed by atoms with van der Waals surface area (Å²) in [7, 11) is -1.90. The fraction of sp³-hybridized carbons (Fsp3) is 0.750. The van der Waals surface area contributed by atoms with Gasteiger partial charge in [-0.2, -0.15) is 0 Å². The van der Waals surface area contributed by atoms with Crippen LogP contribution in [0.5, 0.6) is 0 Å². The lowest BCUT2D eigenvalue weighted by molar-refractivity contribution is -0.141. The summed E-state index contributed by atoms with van der Waals surface area (Å²) in [6.45, 7) is 19.3. The molecule has 2 rings (SSSR count). The lowest BCUT2D eigenvalue weighted by Gasteiger charge is -2.37. The Bertz CT molecular complexity index is 740. The standard InChI is InChI=1S/C24H41NO6Si/c1-10-28-22(26)19-15(3)25-16(4)20(23(27)29-11-2)21(19)18-13-12-17(31-18)14-30-32(8,9)24(5,6)7/h17-18,21,25H,10-14H2,1-9H3/t17-,18-/m0/s1. The molecule has 0 saturated carbocycles. The van der Waals surface area contributed by atoms with Crippen LogP contribution in [-0.4, -0.2) is 52.3 Å². The number of hydrogen-bond acceptors (Lipinski definition) is 7. The second-order valence-corrected chi connectivity index (χ2v) is 14.9. The second-order valence-electron chi connectivity index (χ2n) is 10.1. The molecule has 2 atom stereocenters. The topological polar surface area (TPSA) is 83.1 Å². The summed E-state index contributed by atoms with van der Waals surface area (Å²) < 4.78 is 23.5. The van der Waals surface area contributed by atoms with E-state index < -0.39 is 26.2 Å². The molecule has 8 heteroatoms. The van der Waals surface area contributed by atoms with Gasteiger partial charge in [0.1, 0.15) is 0 Å². The number of hydrogen-bond donors (Lipinski definition) is 1. The SMILES string of the molecule is CCOC(=O)C1=C(C)NC(C)=C(C(=O)OCC)C1[C@@H]1CC[C@@H](CO[Si](C)(C)C(C)(C)C)O1. The van der Waals surface area contributed by atoms with Crippen LogP contribution in [0.1, 0.15) is 61.3 Å². The molecule has 32 heavy (non-hydrogen) atoms. The van der Waals surface area contributed by atoms with E-state index in [1.54, 1.807) is 13.8 Å². The monoisotopic (exact) mass is 467 g/mol. The third-order valence-corrected chi connectivity index (χ3v) is 11.2. The van der Waals surface area contributed by atoms with E-state index in [0.29, 0.717) is 29.1 Å². The molecule has 0 aromatic rings. The van der Waals surface area contributed by atoms with E-state index in [1.165, 1.54) is 0 Å². The van der Waals surface area contributed by atoms with Gasteiger partial charge >= 0.3 is 11.9 Å². The molecule has 0 radical (unpaired) electrons. The van der Waals surface area contributed by atoms with Gasteiger partial charge < -0.3 is 24.0 Å². The molecule has 0 aliphatic carbocycles.